The molecule has 1 spiro atoms. The molecule has 2 saturated heterocycles. The van der Waals surface area contributed by atoms with E-state index in [4.69, 9.17) is 4.74 Å². The molecule has 0 N–H and O–H groups in total. The Morgan fingerprint density at radius 1 is 1.00 bits per heavy atom. The second-order valence-corrected chi connectivity index (χ2v) is 8.43. The highest BCUT2D eigenvalue weighted by molar-refractivity contribution is 5.99. The Morgan fingerprint density at radius 2 is 1.64 bits per heavy atom. The minimum Gasteiger partial charge on any atom is -0.484 e. The highest BCUT2D eigenvalue weighted by Gasteiger charge is 2.43. The molecule has 2 amide bonds. The third-order valence-corrected chi connectivity index (χ3v) is 6.29. The fraction of sp³-hybridized carbons (Fsp3) is 0.619. The van der Waals surface area contributed by atoms with Crippen LogP contribution < -0.4 is 4.74 Å². The van der Waals surface area contributed by atoms with Crippen LogP contribution in [0.1, 0.15) is 23.2 Å². The molecule has 3 aliphatic rings. The second kappa shape index (κ2) is 7.72. The monoisotopic (exact) mass is 386 g/mol. The van der Waals surface area contributed by atoms with E-state index in [1.54, 1.807) is 11.0 Å². The first-order valence-electron chi connectivity index (χ1n) is 10.2. The molecular weight excluding hydrogens is 356 g/mol. The zero-order valence-electron chi connectivity index (χ0n) is 16.9. The van der Waals surface area contributed by atoms with Gasteiger partial charge in [-0.1, -0.05) is 12.1 Å². The molecule has 7 nitrogen and oxygen atoms in total. The molecule has 4 rings (SSSR count). The zero-order valence-corrected chi connectivity index (χ0v) is 16.9. The Morgan fingerprint density at radius 3 is 2.36 bits per heavy atom. The molecule has 0 saturated carbocycles. The summed E-state index contributed by atoms with van der Waals surface area (Å²) in [7, 11) is 4.18. The van der Waals surface area contributed by atoms with Crippen LogP contribution in [-0.2, 0) is 4.79 Å². The maximum absolute atomic E-state index is 13.3. The van der Waals surface area contributed by atoms with Gasteiger partial charge >= 0.3 is 0 Å². The van der Waals surface area contributed by atoms with Gasteiger partial charge in [-0.25, -0.2) is 0 Å². The van der Waals surface area contributed by atoms with E-state index in [-0.39, 0.29) is 18.4 Å². The molecule has 2 fully saturated rings. The number of piperazine rings is 1. The van der Waals surface area contributed by atoms with Gasteiger partial charge in [0.1, 0.15) is 17.9 Å². The van der Waals surface area contributed by atoms with Crippen molar-refractivity contribution in [3.63, 3.8) is 0 Å². The topological polar surface area (TPSA) is 56.3 Å². The van der Waals surface area contributed by atoms with Gasteiger partial charge in [-0.2, -0.15) is 0 Å². The fourth-order valence-corrected chi connectivity index (χ4v) is 4.32. The summed E-state index contributed by atoms with van der Waals surface area (Å²) in [5.74, 6) is 0.574. The van der Waals surface area contributed by atoms with Gasteiger partial charge in [0.25, 0.3) is 5.91 Å². The van der Waals surface area contributed by atoms with Crippen LogP contribution >= 0.6 is 0 Å². The summed E-state index contributed by atoms with van der Waals surface area (Å²) < 4.78 is 6.45. The predicted molar refractivity (Wildman–Crippen MR) is 107 cm³/mol. The lowest BCUT2D eigenvalue weighted by atomic mass is 9.90. The van der Waals surface area contributed by atoms with Crippen LogP contribution in [0.25, 0.3) is 0 Å². The molecule has 0 bridgehead atoms. The molecule has 3 aliphatic heterocycles. The second-order valence-electron chi connectivity index (χ2n) is 8.43. The van der Waals surface area contributed by atoms with E-state index in [0.29, 0.717) is 17.9 Å². The predicted octanol–water partition coefficient (Wildman–Crippen LogP) is 0.760. The molecule has 0 radical (unpaired) electrons. The number of rotatable bonds is 2. The summed E-state index contributed by atoms with van der Waals surface area (Å²) in [5, 5.41) is 0. The third-order valence-electron chi connectivity index (χ3n) is 6.29. The van der Waals surface area contributed by atoms with Crippen molar-refractivity contribution >= 4 is 11.8 Å². The van der Waals surface area contributed by atoms with Crippen LogP contribution in [0.2, 0.25) is 0 Å². The van der Waals surface area contributed by atoms with E-state index in [1.165, 1.54) is 0 Å². The van der Waals surface area contributed by atoms with Gasteiger partial charge in [-0.3, -0.25) is 9.59 Å². The molecule has 152 valence electrons. The lowest BCUT2D eigenvalue weighted by Gasteiger charge is -2.42. The van der Waals surface area contributed by atoms with Crippen molar-refractivity contribution in [2.45, 2.75) is 18.4 Å². The van der Waals surface area contributed by atoms with Crippen molar-refractivity contribution in [3.05, 3.63) is 29.8 Å². The highest BCUT2D eigenvalue weighted by atomic mass is 16.5. The third kappa shape index (κ3) is 3.86. The average molecular weight is 386 g/mol. The summed E-state index contributed by atoms with van der Waals surface area (Å²) in [6.07, 6.45) is 1.70. The number of carbonyl (C=O) groups excluding carboxylic acids is 2. The van der Waals surface area contributed by atoms with Gasteiger partial charge in [-0.05, 0) is 26.2 Å². The van der Waals surface area contributed by atoms with Crippen LogP contribution in [0.4, 0.5) is 0 Å². The number of carbonyl (C=O) groups is 2. The fourth-order valence-electron chi connectivity index (χ4n) is 4.32. The van der Waals surface area contributed by atoms with E-state index in [9.17, 15) is 9.59 Å². The van der Waals surface area contributed by atoms with Gasteiger partial charge in [0.05, 0.1) is 12.1 Å². The number of para-hydroxylation sites is 1. The Bertz CT molecular complexity index is 737. The summed E-state index contributed by atoms with van der Waals surface area (Å²) in [6, 6.07) is 7.44. The Balaban J connectivity index is 1.56. The van der Waals surface area contributed by atoms with Crippen molar-refractivity contribution in [2.24, 2.45) is 0 Å². The lowest BCUT2D eigenvalue weighted by molar-refractivity contribution is -0.134. The van der Waals surface area contributed by atoms with E-state index in [1.807, 2.05) is 23.1 Å². The van der Waals surface area contributed by atoms with Gasteiger partial charge in [0.2, 0.25) is 5.91 Å². The number of amides is 2. The van der Waals surface area contributed by atoms with Crippen molar-refractivity contribution in [1.82, 2.24) is 19.6 Å². The zero-order chi connectivity index (χ0) is 19.7. The summed E-state index contributed by atoms with van der Waals surface area (Å²) in [4.78, 5) is 34.3. The number of likely N-dealkylation sites (tertiary alicyclic amines) is 1. The largest absolute Gasteiger partial charge is 0.484 e. The first kappa shape index (κ1) is 19.2. The standard InChI is InChI=1S/C21H30N4O3/c1-22-9-7-21(8-10-22)16-25(15-19(26)24-13-11-23(2)12-14-24)20(27)17-5-3-4-6-18(17)28-21/h3-6H,7-16H2,1-2H3. The number of benzene rings is 1. The first-order valence-corrected chi connectivity index (χ1v) is 10.2. The number of nitrogens with zero attached hydrogens (tertiary/aromatic N) is 4. The molecule has 1 aromatic rings. The molecule has 28 heavy (non-hydrogen) atoms. The van der Waals surface area contributed by atoms with Crippen LogP contribution in [0.15, 0.2) is 24.3 Å². The van der Waals surface area contributed by atoms with Crippen molar-refractivity contribution in [3.8, 4) is 5.75 Å². The first-order chi connectivity index (χ1) is 13.5. The van der Waals surface area contributed by atoms with Crippen molar-refractivity contribution in [2.75, 3.05) is 66.5 Å². The SMILES string of the molecule is CN1CCN(C(=O)CN2CC3(CCN(C)CC3)Oc3ccccc3C2=O)CC1. The summed E-state index contributed by atoms with van der Waals surface area (Å²) >= 11 is 0. The maximum Gasteiger partial charge on any atom is 0.258 e. The average Bonchev–Trinajstić information content (AvgIpc) is 2.80. The Labute approximate surface area is 166 Å². The molecule has 0 aliphatic carbocycles. The van der Waals surface area contributed by atoms with Crippen LogP contribution in [0.5, 0.6) is 5.75 Å². The Kier molecular flexibility index (Phi) is 5.29. The maximum atomic E-state index is 13.3. The van der Waals surface area contributed by atoms with E-state index >= 15 is 0 Å². The van der Waals surface area contributed by atoms with Gasteiger partial charge in [0, 0.05) is 52.1 Å². The van der Waals surface area contributed by atoms with Crippen LogP contribution in [0.3, 0.4) is 0 Å². The molecule has 3 heterocycles. The molecule has 7 heteroatoms. The Hall–Kier alpha value is -2.12. The summed E-state index contributed by atoms with van der Waals surface area (Å²) in [6.45, 7) is 5.64. The number of ether oxygens (including phenoxy) is 1. The van der Waals surface area contributed by atoms with E-state index < -0.39 is 5.60 Å². The van der Waals surface area contributed by atoms with E-state index in [0.717, 1.165) is 52.1 Å². The van der Waals surface area contributed by atoms with Crippen molar-refractivity contribution < 1.29 is 14.3 Å². The van der Waals surface area contributed by atoms with Crippen LogP contribution in [-0.4, -0.2) is 103 Å². The summed E-state index contributed by atoms with van der Waals surface area (Å²) in [5.41, 5.74) is 0.140. The highest BCUT2D eigenvalue weighted by Crippen LogP contribution is 2.35. The van der Waals surface area contributed by atoms with E-state index in [2.05, 4.69) is 23.9 Å². The number of fused-ring (bicyclic) bond motifs is 1. The minimum atomic E-state index is -0.419. The molecular formula is C21H30N4O3. The van der Waals surface area contributed by atoms with Gasteiger partial charge in [0.15, 0.2) is 0 Å². The van der Waals surface area contributed by atoms with Crippen LogP contribution in [0, 0.1) is 0 Å². The number of likely N-dealkylation sites (N-methyl/N-ethyl adjacent to an activating group) is 1. The molecule has 0 aromatic heterocycles. The lowest BCUT2D eigenvalue weighted by Crippen LogP contribution is -2.56. The van der Waals surface area contributed by atoms with Gasteiger partial charge < -0.3 is 24.3 Å². The van der Waals surface area contributed by atoms with Crippen molar-refractivity contribution in [1.29, 1.82) is 0 Å². The smallest absolute Gasteiger partial charge is 0.258 e. The van der Waals surface area contributed by atoms with Gasteiger partial charge in [-0.15, -0.1) is 0 Å². The normalized spacial score (nSPS) is 23.3. The molecule has 0 atom stereocenters. The minimum absolute atomic E-state index is 0.0314. The quantitative estimate of drug-likeness (QED) is 0.751. The number of hydrogen-bond acceptors (Lipinski definition) is 5. The molecule has 1 aromatic carbocycles. The molecule has 0 unspecified atom stereocenters. The number of hydrogen-bond donors (Lipinski definition) is 0. The number of piperidine rings is 1.